The number of hydrogen-bond acceptors (Lipinski definition) is 4. The number of carbonyl (C=O) groups excluding carboxylic acids is 1. The molecule has 7 heteroatoms. The van der Waals surface area contributed by atoms with Gasteiger partial charge in [-0.25, -0.2) is 14.5 Å². The summed E-state index contributed by atoms with van der Waals surface area (Å²) in [5, 5.41) is 7.95. The van der Waals surface area contributed by atoms with Gasteiger partial charge < -0.3 is 15.1 Å². The van der Waals surface area contributed by atoms with Crippen molar-refractivity contribution in [2.75, 3.05) is 39.3 Å². The molecule has 2 aliphatic carbocycles. The number of rotatable bonds is 2. The van der Waals surface area contributed by atoms with Gasteiger partial charge in [-0.3, -0.25) is 0 Å². The standard InChI is InChI=1S/C16H24N6O/c23-15(20-5-3-17-4-6-20)21-9-16(10-21)7-13(8-16)22-11-18-14(19-22)12-1-2-12/h11-13,17H,1-10H2. The third-order valence-electron chi connectivity index (χ3n) is 5.89. The summed E-state index contributed by atoms with van der Waals surface area (Å²) in [5.74, 6) is 1.66. The quantitative estimate of drug-likeness (QED) is 0.877. The maximum absolute atomic E-state index is 12.4. The fourth-order valence-corrected chi connectivity index (χ4v) is 4.33. The summed E-state index contributed by atoms with van der Waals surface area (Å²) in [6.45, 7) is 5.37. The van der Waals surface area contributed by atoms with E-state index >= 15 is 0 Å². The first kappa shape index (κ1) is 13.8. The Morgan fingerprint density at radius 1 is 1.17 bits per heavy atom. The van der Waals surface area contributed by atoms with Crippen LogP contribution < -0.4 is 5.32 Å². The molecule has 2 amide bonds. The van der Waals surface area contributed by atoms with E-state index in [0.29, 0.717) is 17.4 Å². The highest BCUT2D eigenvalue weighted by Gasteiger charge is 2.55. The molecule has 1 spiro atoms. The van der Waals surface area contributed by atoms with E-state index < -0.39 is 0 Å². The van der Waals surface area contributed by atoms with Gasteiger partial charge in [0.1, 0.15) is 6.33 Å². The molecule has 7 nitrogen and oxygen atoms in total. The molecule has 0 unspecified atom stereocenters. The highest BCUT2D eigenvalue weighted by Crippen LogP contribution is 2.54. The van der Waals surface area contributed by atoms with Gasteiger partial charge in [-0.15, -0.1) is 0 Å². The first-order valence-corrected chi connectivity index (χ1v) is 8.88. The number of likely N-dealkylation sites (tertiary alicyclic amines) is 1. The maximum atomic E-state index is 12.4. The minimum Gasteiger partial charge on any atom is -0.323 e. The molecule has 0 radical (unpaired) electrons. The Balaban J connectivity index is 1.14. The number of nitrogens with one attached hydrogen (secondary N) is 1. The molecule has 3 heterocycles. The topological polar surface area (TPSA) is 66.3 Å². The summed E-state index contributed by atoms with van der Waals surface area (Å²) in [7, 11) is 0. The third-order valence-corrected chi connectivity index (χ3v) is 5.89. The third kappa shape index (κ3) is 2.33. The van der Waals surface area contributed by atoms with Crippen LogP contribution in [0.25, 0.3) is 0 Å². The van der Waals surface area contributed by atoms with Crippen LogP contribution in [0.15, 0.2) is 6.33 Å². The molecule has 0 atom stereocenters. The molecule has 1 aromatic heterocycles. The second-order valence-corrected chi connectivity index (χ2v) is 7.79. The number of piperazine rings is 1. The molecule has 1 aromatic rings. The van der Waals surface area contributed by atoms with Crippen molar-refractivity contribution >= 4 is 6.03 Å². The number of hydrogen-bond donors (Lipinski definition) is 1. The van der Waals surface area contributed by atoms with E-state index in [1.165, 1.54) is 12.8 Å². The SMILES string of the molecule is O=C(N1CCNCC1)N1CC2(CC(n3cnc(C4CC4)n3)C2)C1. The van der Waals surface area contributed by atoms with Gasteiger partial charge in [-0.2, -0.15) is 5.10 Å². The van der Waals surface area contributed by atoms with Crippen LogP contribution in [-0.4, -0.2) is 69.9 Å². The zero-order valence-corrected chi connectivity index (χ0v) is 13.4. The fourth-order valence-electron chi connectivity index (χ4n) is 4.33. The molecule has 0 aromatic carbocycles. The van der Waals surface area contributed by atoms with Gasteiger partial charge in [0, 0.05) is 50.6 Å². The lowest BCUT2D eigenvalue weighted by Gasteiger charge is -2.59. The van der Waals surface area contributed by atoms with Crippen LogP contribution >= 0.6 is 0 Å². The van der Waals surface area contributed by atoms with Gasteiger partial charge in [0.2, 0.25) is 0 Å². The summed E-state index contributed by atoms with van der Waals surface area (Å²) in [4.78, 5) is 20.9. The molecule has 2 aliphatic heterocycles. The number of amides is 2. The summed E-state index contributed by atoms with van der Waals surface area (Å²) >= 11 is 0. The van der Waals surface area contributed by atoms with E-state index in [4.69, 9.17) is 0 Å². The first-order chi connectivity index (χ1) is 11.2. The highest BCUT2D eigenvalue weighted by atomic mass is 16.2. The van der Waals surface area contributed by atoms with Crippen molar-refractivity contribution in [2.24, 2.45) is 5.41 Å². The smallest absolute Gasteiger partial charge is 0.320 e. The molecule has 5 rings (SSSR count). The maximum Gasteiger partial charge on any atom is 0.320 e. The monoisotopic (exact) mass is 316 g/mol. The van der Waals surface area contributed by atoms with E-state index in [0.717, 1.165) is 57.9 Å². The minimum atomic E-state index is 0.234. The van der Waals surface area contributed by atoms with Gasteiger partial charge in [0.05, 0.1) is 6.04 Å². The average Bonchev–Trinajstić information content (AvgIpc) is 3.24. The van der Waals surface area contributed by atoms with Crippen LogP contribution in [0.1, 0.15) is 43.5 Å². The zero-order chi connectivity index (χ0) is 15.4. The van der Waals surface area contributed by atoms with E-state index in [9.17, 15) is 4.79 Å². The summed E-state index contributed by atoms with van der Waals surface area (Å²) < 4.78 is 2.07. The van der Waals surface area contributed by atoms with Crippen molar-refractivity contribution in [3.63, 3.8) is 0 Å². The second-order valence-electron chi connectivity index (χ2n) is 7.79. The molecule has 124 valence electrons. The summed E-state index contributed by atoms with van der Waals surface area (Å²) in [6.07, 6.45) is 6.70. The number of carbonyl (C=O) groups is 1. The minimum absolute atomic E-state index is 0.234. The Morgan fingerprint density at radius 2 is 1.91 bits per heavy atom. The Bertz CT molecular complexity index is 604. The van der Waals surface area contributed by atoms with Gasteiger partial charge in [-0.1, -0.05) is 0 Å². The molecular weight excluding hydrogens is 292 g/mol. The second kappa shape index (κ2) is 4.93. The first-order valence-electron chi connectivity index (χ1n) is 8.88. The van der Waals surface area contributed by atoms with Crippen molar-refractivity contribution in [1.82, 2.24) is 29.9 Å². The number of urea groups is 1. The largest absolute Gasteiger partial charge is 0.323 e. The summed E-state index contributed by atoms with van der Waals surface area (Å²) in [5.41, 5.74) is 0.361. The average molecular weight is 316 g/mol. The zero-order valence-electron chi connectivity index (χ0n) is 13.4. The molecule has 2 saturated heterocycles. The van der Waals surface area contributed by atoms with Crippen LogP contribution in [0.4, 0.5) is 4.79 Å². The van der Waals surface area contributed by atoms with Gasteiger partial charge >= 0.3 is 6.03 Å². The van der Waals surface area contributed by atoms with Crippen molar-refractivity contribution in [3.8, 4) is 0 Å². The molecule has 1 N–H and O–H groups in total. The van der Waals surface area contributed by atoms with Crippen LogP contribution in [0.2, 0.25) is 0 Å². The van der Waals surface area contributed by atoms with Crippen LogP contribution in [-0.2, 0) is 0 Å². The van der Waals surface area contributed by atoms with Crippen LogP contribution in [0, 0.1) is 5.41 Å². The molecular formula is C16H24N6O. The Hall–Kier alpha value is -1.63. The van der Waals surface area contributed by atoms with Gasteiger partial charge in [-0.05, 0) is 25.7 Å². The highest BCUT2D eigenvalue weighted by molar-refractivity contribution is 5.75. The van der Waals surface area contributed by atoms with Crippen molar-refractivity contribution < 1.29 is 4.79 Å². The molecule has 4 aliphatic rings. The lowest BCUT2D eigenvalue weighted by atomic mass is 9.61. The summed E-state index contributed by atoms with van der Waals surface area (Å²) in [6, 6.07) is 0.726. The lowest BCUT2D eigenvalue weighted by molar-refractivity contribution is -0.0743. The Labute approximate surface area is 136 Å². The van der Waals surface area contributed by atoms with E-state index in [1.54, 1.807) is 0 Å². The predicted molar refractivity (Wildman–Crippen MR) is 84.1 cm³/mol. The predicted octanol–water partition coefficient (Wildman–Crippen LogP) is 0.818. The Morgan fingerprint density at radius 3 is 2.61 bits per heavy atom. The number of aromatic nitrogens is 3. The fraction of sp³-hybridized carbons (Fsp3) is 0.812. The lowest BCUT2D eigenvalue weighted by Crippen LogP contribution is -2.66. The Kier molecular flexibility index (Phi) is 2.95. The van der Waals surface area contributed by atoms with Gasteiger partial charge in [0.15, 0.2) is 5.82 Å². The van der Waals surface area contributed by atoms with E-state index in [1.807, 2.05) is 16.1 Å². The van der Waals surface area contributed by atoms with E-state index in [-0.39, 0.29) is 6.03 Å². The van der Waals surface area contributed by atoms with Crippen molar-refractivity contribution in [1.29, 1.82) is 0 Å². The normalized spacial score (nSPS) is 27.0. The van der Waals surface area contributed by atoms with Crippen LogP contribution in [0.3, 0.4) is 0 Å². The molecule has 0 bridgehead atoms. The molecule has 4 fully saturated rings. The molecule has 2 saturated carbocycles. The van der Waals surface area contributed by atoms with Gasteiger partial charge in [0.25, 0.3) is 0 Å². The van der Waals surface area contributed by atoms with Crippen molar-refractivity contribution in [2.45, 2.75) is 37.6 Å². The molecule has 23 heavy (non-hydrogen) atoms. The van der Waals surface area contributed by atoms with Crippen LogP contribution in [0.5, 0.6) is 0 Å². The number of nitrogens with zero attached hydrogens (tertiary/aromatic N) is 5. The van der Waals surface area contributed by atoms with Crippen molar-refractivity contribution in [3.05, 3.63) is 12.2 Å². The van der Waals surface area contributed by atoms with E-state index in [2.05, 4.69) is 20.1 Å².